The van der Waals surface area contributed by atoms with Crippen molar-refractivity contribution in [3.05, 3.63) is 0 Å². The maximum atomic E-state index is 11.2. The van der Waals surface area contributed by atoms with Gasteiger partial charge in [-0.25, -0.2) is 0 Å². The van der Waals surface area contributed by atoms with Crippen LogP contribution in [0.4, 0.5) is 26.3 Å². The van der Waals surface area contributed by atoms with E-state index in [2.05, 4.69) is 0 Å². The van der Waals surface area contributed by atoms with Crippen LogP contribution in [-0.2, 0) is 14.4 Å². The van der Waals surface area contributed by atoms with E-state index in [1.165, 1.54) is 0 Å². The highest BCUT2D eigenvalue weighted by molar-refractivity contribution is 6.41. The smallest absolute Gasteiger partial charge is 0.300 e. The van der Waals surface area contributed by atoms with Crippen LogP contribution in [0.25, 0.3) is 0 Å². The van der Waals surface area contributed by atoms with Crippen molar-refractivity contribution in [3.8, 4) is 0 Å². The molecule has 9 heteroatoms. The molecule has 0 saturated heterocycles. The first-order valence-corrected chi connectivity index (χ1v) is 4.06. The number of carbonyl (C=O) groups excluding carboxylic acids is 3. The van der Waals surface area contributed by atoms with Crippen molar-refractivity contribution >= 4 is 17.3 Å². The lowest BCUT2D eigenvalue weighted by molar-refractivity contribution is -0.193. The van der Waals surface area contributed by atoms with Gasteiger partial charge in [0.2, 0.25) is 0 Å². The Labute approximate surface area is 91.8 Å². The molecule has 0 atom stereocenters. The second-order valence-corrected chi connectivity index (χ2v) is 2.71. The van der Waals surface area contributed by atoms with Gasteiger partial charge in [-0.3, -0.25) is 9.59 Å². The Balaban J connectivity index is 0. The number of rotatable bonds is 2. The molecular weight excluding hydrogens is 258 g/mol. The second kappa shape index (κ2) is 6.36. The maximum absolute atomic E-state index is 11.2. The molecule has 3 nitrogen and oxygen atoms in total. The predicted octanol–water partition coefficient (Wildman–Crippen LogP) is 2.23. The van der Waals surface area contributed by atoms with E-state index in [9.17, 15) is 40.7 Å². The lowest BCUT2D eigenvalue weighted by atomic mass is 10.2. The third-order valence-corrected chi connectivity index (χ3v) is 1.22. The minimum atomic E-state index is -5.77. The topological polar surface area (TPSA) is 51.2 Å². The summed E-state index contributed by atoms with van der Waals surface area (Å²) < 4.78 is 67.0. The summed E-state index contributed by atoms with van der Waals surface area (Å²) in [5.74, 6) is -6.56. The second-order valence-electron chi connectivity index (χ2n) is 2.71. The molecule has 0 radical (unpaired) electrons. The van der Waals surface area contributed by atoms with E-state index in [-0.39, 0.29) is 5.78 Å². The molecular formula is C8H8F6O3. The van der Waals surface area contributed by atoms with Gasteiger partial charge in [-0.05, 0) is 6.92 Å². The van der Waals surface area contributed by atoms with Crippen molar-refractivity contribution < 1.29 is 40.7 Å². The van der Waals surface area contributed by atoms with Gasteiger partial charge < -0.3 is 4.79 Å². The normalized spacial score (nSPS) is 11.3. The molecule has 0 bridgehead atoms. The van der Waals surface area contributed by atoms with Crippen LogP contribution in [0.1, 0.15) is 20.3 Å². The largest absolute Gasteiger partial charge is 0.458 e. The Hall–Kier alpha value is -1.41. The highest BCUT2D eigenvalue weighted by Crippen LogP contribution is 2.23. The average Bonchev–Trinajstić information content (AvgIpc) is 2.13. The Morgan fingerprint density at radius 3 is 1.06 bits per heavy atom. The van der Waals surface area contributed by atoms with Crippen LogP contribution in [0, 0.1) is 0 Å². The summed E-state index contributed by atoms with van der Waals surface area (Å²) in [4.78, 5) is 29.0. The fourth-order valence-corrected chi connectivity index (χ4v) is 0.257. The highest BCUT2D eigenvalue weighted by Gasteiger charge is 2.54. The van der Waals surface area contributed by atoms with Gasteiger partial charge in [0.25, 0.3) is 0 Å². The fraction of sp³-hybridized carbons (Fsp3) is 0.625. The molecule has 0 rings (SSSR count). The van der Waals surface area contributed by atoms with E-state index in [4.69, 9.17) is 0 Å². The predicted molar refractivity (Wildman–Crippen MR) is 43.1 cm³/mol. The van der Waals surface area contributed by atoms with Crippen molar-refractivity contribution in [2.24, 2.45) is 0 Å². The third-order valence-electron chi connectivity index (χ3n) is 1.22. The Kier molecular flexibility index (Phi) is 6.72. The number of hydrogen-bond acceptors (Lipinski definition) is 3. The van der Waals surface area contributed by atoms with E-state index in [0.29, 0.717) is 6.42 Å². The van der Waals surface area contributed by atoms with Crippen molar-refractivity contribution in [2.45, 2.75) is 32.6 Å². The third kappa shape index (κ3) is 8.40. The first-order chi connectivity index (χ1) is 7.34. The van der Waals surface area contributed by atoms with E-state index in [1.807, 2.05) is 6.92 Å². The lowest BCUT2D eigenvalue weighted by Crippen LogP contribution is -2.39. The van der Waals surface area contributed by atoms with E-state index in [1.54, 1.807) is 6.92 Å². The van der Waals surface area contributed by atoms with Gasteiger partial charge in [-0.15, -0.1) is 0 Å². The molecule has 17 heavy (non-hydrogen) atoms. The zero-order valence-electron chi connectivity index (χ0n) is 8.70. The molecule has 100 valence electrons. The minimum absolute atomic E-state index is 0.255. The van der Waals surface area contributed by atoms with Crippen LogP contribution >= 0.6 is 0 Å². The van der Waals surface area contributed by atoms with E-state index < -0.39 is 23.9 Å². The van der Waals surface area contributed by atoms with Crippen LogP contribution in [0.3, 0.4) is 0 Å². The molecule has 0 fully saturated rings. The molecule has 0 aliphatic carbocycles. The summed E-state index contributed by atoms with van der Waals surface area (Å²) >= 11 is 0. The SMILES string of the molecule is CCC(C)=O.O=C(C(=O)C(F)(F)F)C(F)(F)F. The summed E-state index contributed by atoms with van der Waals surface area (Å²) in [6.45, 7) is 3.43. The van der Waals surface area contributed by atoms with Crippen molar-refractivity contribution in [2.75, 3.05) is 0 Å². The van der Waals surface area contributed by atoms with Gasteiger partial charge in [-0.2, -0.15) is 26.3 Å². The first-order valence-electron chi connectivity index (χ1n) is 4.06. The number of ketones is 3. The van der Waals surface area contributed by atoms with Crippen LogP contribution in [-0.4, -0.2) is 29.7 Å². The minimum Gasteiger partial charge on any atom is -0.300 e. The van der Waals surface area contributed by atoms with Gasteiger partial charge in [0.15, 0.2) is 0 Å². The maximum Gasteiger partial charge on any atom is 0.458 e. The van der Waals surface area contributed by atoms with Crippen molar-refractivity contribution in [1.29, 1.82) is 0 Å². The number of alkyl halides is 6. The molecule has 0 N–H and O–H groups in total. The monoisotopic (exact) mass is 266 g/mol. The average molecular weight is 266 g/mol. The fourth-order valence-electron chi connectivity index (χ4n) is 0.257. The Morgan fingerprint density at radius 2 is 1.00 bits per heavy atom. The van der Waals surface area contributed by atoms with E-state index >= 15 is 0 Å². The van der Waals surface area contributed by atoms with Crippen LogP contribution < -0.4 is 0 Å². The molecule has 0 heterocycles. The summed E-state index contributed by atoms with van der Waals surface area (Å²) in [6, 6.07) is 0. The van der Waals surface area contributed by atoms with Gasteiger partial charge in [0.1, 0.15) is 5.78 Å². The molecule has 0 unspecified atom stereocenters. The molecule has 0 amide bonds. The van der Waals surface area contributed by atoms with Crippen LogP contribution in [0.5, 0.6) is 0 Å². The molecule has 0 spiro atoms. The summed E-state index contributed by atoms with van der Waals surface area (Å²) in [5.41, 5.74) is 0. The Morgan fingerprint density at radius 1 is 0.824 bits per heavy atom. The number of carbonyl (C=O) groups is 3. The quantitative estimate of drug-likeness (QED) is 0.569. The van der Waals surface area contributed by atoms with E-state index in [0.717, 1.165) is 0 Å². The summed E-state index contributed by atoms with van der Waals surface area (Å²) in [6.07, 6.45) is -10.9. The van der Waals surface area contributed by atoms with Crippen LogP contribution in [0.15, 0.2) is 0 Å². The zero-order chi connectivity index (χ0) is 14.4. The zero-order valence-corrected chi connectivity index (χ0v) is 8.70. The molecule has 0 saturated carbocycles. The van der Waals surface area contributed by atoms with Crippen molar-refractivity contribution in [1.82, 2.24) is 0 Å². The number of Topliss-reactive ketones (excluding diaryl/α,β-unsaturated/α-hetero) is 3. The molecule has 0 aromatic heterocycles. The number of hydrogen-bond donors (Lipinski definition) is 0. The van der Waals surface area contributed by atoms with Gasteiger partial charge in [-0.1, -0.05) is 6.92 Å². The summed E-state index contributed by atoms with van der Waals surface area (Å²) in [7, 11) is 0. The molecule has 0 aliphatic heterocycles. The summed E-state index contributed by atoms with van der Waals surface area (Å²) in [5, 5.41) is 0. The van der Waals surface area contributed by atoms with Crippen LogP contribution in [0.2, 0.25) is 0 Å². The Bertz CT molecular complexity index is 277. The van der Waals surface area contributed by atoms with Crippen molar-refractivity contribution in [3.63, 3.8) is 0 Å². The van der Waals surface area contributed by atoms with Gasteiger partial charge in [0, 0.05) is 6.42 Å². The van der Waals surface area contributed by atoms with Gasteiger partial charge in [0.05, 0.1) is 0 Å². The molecule has 0 aromatic rings. The standard InChI is InChI=1S/C4F6O2.C4H8O/c5-3(6,7)1(11)2(12)4(8,9)10;1-3-4(2)5/h;3H2,1-2H3. The lowest BCUT2D eigenvalue weighted by Gasteiger charge is -2.05. The number of halogens is 6. The first kappa shape index (κ1) is 18.0. The molecule has 0 aliphatic rings. The molecule has 0 aromatic carbocycles. The van der Waals surface area contributed by atoms with Gasteiger partial charge >= 0.3 is 23.9 Å². The highest BCUT2D eigenvalue weighted by atomic mass is 19.4.